The first-order valence-electron chi connectivity index (χ1n) is 6.72. The molecule has 0 spiro atoms. The Morgan fingerprint density at radius 1 is 1.29 bits per heavy atom. The molecule has 0 saturated heterocycles. The summed E-state index contributed by atoms with van der Waals surface area (Å²) in [5, 5.41) is 12.7. The van der Waals surface area contributed by atoms with Gasteiger partial charge in [0.1, 0.15) is 0 Å². The number of benzene rings is 1. The van der Waals surface area contributed by atoms with Crippen molar-refractivity contribution in [2.75, 3.05) is 6.54 Å². The highest BCUT2D eigenvalue weighted by Gasteiger charge is 2.29. The van der Waals surface area contributed by atoms with E-state index in [4.69, 9.17) is 5.11 Å². The maximum absolute atomic E-state index is 9.15. The van der Waals surface area contributed by atoms with Gasteiger partial charge in [-0.25, -0.2) is 0 Å². The van der Waals surface area contributed by atoms with Crippen LogP contribution in [0, 0.1) is 0 Å². The van der Waals surface area contributed by atoms with Crippen LogP contribution >= 0.6 is 0 Å². The Labute approximate surface area is 104 Å². The van der Waals surface area contributed by atoms with E-state index in [1.165, 1.54) is 18.4 Å². The molecule has 1 aliphatic rings. The van der Waals surface area contributed by atoms with Crippen molar-refractivity contribution in [3.8, 4) is 0 Å². The third-order valence-corrected chi connectivity index (χ3v) is 3.64. The van der Waals surface area contributed by atoms with Gasteiger partial charge in [0.25, 0.3) is 0 Å². The summed E-state index contributed by atoms with van der Waals surface area (Å²) in [6.07, 6.45) is 4.35. The molecular formula is C15H23NO. The van der Waals surface area contributed by atoms with Gasteiger partial charge in [0.15, 0.2) is 0 Å². The smallest absolute Gasteiger partial charge is 0.0512 e. The summed E-state index contributed by atoms with van der Waals surface area (Å²) in [4.78, 5) is 0. The van der Waals surface area contributed by atoms with Crippen molar-refractivity contribution >= 4 is 0 Å². The van der Waals surface area contributed by atoms with E-state index in [2.05, 4.69) is 35.6 Å². The van der Waals surface area contributed by atoms with Crippen LogP contribution in [0.2, 0.25) is 0 Å². The third-order valence-electron chi connectivity index (χ3n) is 3.64. The van der Waals surface area contributed by atoms with Crippen LogP contribution in [-0.2, 0) is 0 Å². The quantitative estimate of drug-likeness (QED) is 0.740. The lowest BCUT2D eigenvalue weighted by Crippen LogP contribution is -2.40. The molecule has 1 aromatic rings. The Balaban J connectivity index is 1.60. The summed E-state index contributed by atoms with van der Waals surface area (Å²) < 4.78 is 0. The normalized spacial score (nSPS) is 25.3. The minimum absolute atomic E-state index is 0.157. The Morgan fingerprint density at radius 2 is 2.00 bits per heavy atom. The van der Waals surface area contributed by atoms with Gasteiger partial charge >= 0.3 is 0 Å². The maximum atomic E-state index is 9.15. The topological polar surface area (TPSA) is 32.3 Å². The van der Waals surface area contributed by atoms with Crippen molar-refractivity contribution in [2.24, 2.45) is 0 Å². The highest BCUT2D eigenvalue weighted by Crippen LogP contribution is 2.36. The van der Waals surface area contributed by atoms with Crippen molar-refractivity contribution in [2.45, 2.75) is 50.7 Å². The zero-order chi connectivity index (χ0) is 12.1. The average Bonchev–Trinajstić information content (AvgIpc) is 2.27. The molecule has 17 heavy (non-hydrogen) atoms. The zero-order valence-corrected chi connectivity index (χ0v) is 10.6. The van der Waals surface area contributed by atoms with Crippen molar-refractivity contribution in [1.29, 1.82) is 0 Å². The highest BCUT2D eigenvalue weighted by molar-refractivity contribution is 5.22. The second kappa shape index (κ2) is 6.18. The van der Waals surface area contributed by atoms with Crippen molar-refractivity contribution in [3.05, 3.63) is 35.9 Å². The van der Waals surface area contributed by atoms with Crippen LogP contribution < -0.4 is 5.32 Å². The Bertz CT molecular complexity index is 317. The van der Waals surface area contributed by atoms with E-state index in [-0.39, 0.29) is 6.10 Å². The lowest BCUT2D eigenvalue weighted by Gasteiger charge is -2.36. The number of hydrogen-bond acceptors (Lipinski definition) is 2. The molecule has 0 bridgehead atoms. The van der Waals surface area contributed by atoms with Gasteiger partial charge in [-0.15, -0.1) is 0 Å². The molecule has 94 valence electrons. The van der Waals surface area contributed by atoms with E-state index >= 15 is 0 Å². The molecule has 2 heteroatoms. The van der Waals surface area contributed by atoms with Crippen LogP contribution in [0.5, 0.6) is 0 Å². The number of nitrogens with one attached hydrogen (secondary N) is 1. The summed E-state index contributed by atoms with van der Waals surface area (Å²) in [6, 6.07) is 11.5. The van der Waals surface area contributed by atoms with Crippen molar-refractivity contribution < 1.29 is 5.11 Å². The van der Waals surface area contributed by atoms with Gasteiger partial charge in [-0.2, -0.15) is 0 Å². The minimum Gasteiger partial charge on any atom is -0.393 e. The van der Waals surface area contributed by atoms with E-state index in [0.29, 0.717) is 6.04 Å². The van der Waals surface area contributed by atoms with Gasteiger partial charge in [-0.3, -0.25) is 0 Å². The Kier molecular flexibility index (Phi) is 4.57. The minimum atomic E-state index is -0.157. The first kappa shape index (κ1) is 12.6. The Hall–Kier alpha value is -0.860. The van der Waals surface area contributed by atoms with Gasteiger partial charge in [-0.05, 0) is 50.6 Å². The van der Waals surface area contributed by atoms with Crippen molar-refractivity contribution in [3.63, 3.8) is 0 Å². The number of aliphatic hydroxyl groups excluding tert-OH is 1. The molecule has 0 heterocycles. The Morgan fingerprint density at radius 3 is 2.65 bits per heavy atom. The van der Waals surface area contributed by atoms with Gasteiger partial charge in [0, 0.05) is 6.04 Å². The predicted octanol–water partition coefficient (Wildman–Crippen LogP) is 2.68. The largest absolute Gasteiger partial charge is 0.393 e. The molecule has 2 N–H and O–H groups in total. The van der Waals surface area contributed by atoms with Crippen LogP contribution in [0.15, 0.2) is 30.3 Å². The fourth-order valence-corrected chi connectivity index (χ4v) is 2.49. The van der Waals surface area contributed by atoms with E-state index < -0.39 is 0 Å². The molecule has 0 amide bonds. The summed E-state index contributed by atoms with van der Waals surface area (Å²) in [7, 11) is 0. The lowest BCUT2D eigenvalue weighted by molar-refractivity contribution is 0.179. The summed E-state index contributed by atoms with van der Waals surface area (Å²) in [5.41, 5.74) is 1.48. The molecule has 1 unspecified atom stereocenters. The molecule has 2 rings (SSSR count). The molecule has 0 aliphatic heterocycles. The molecule has 2 nitrogen and oxygen atoms in total. The van der Waals surface area contributed by atoms with Crippen LogP contribution in [0.25, 0.3) is 0 Å². The van der Waals surface area contributed by atoms with E-state index in [0.717, 1.165) is 25.3 Å². The second-order valence-electron chi connectivity index (χ2n) is 5.22. The third kappa shape index (κ3) is 3.83. The van der Waals surface area contributed by atoms with E-state index in [1.807, 2.05) is 6.92 Å². The molecule has 1 aliphatic carbocycles. The second-order valence-corrected chi connectivity index (χ2v) is 5.22. The maximum Gasteiger partial charge on any atom is 0.0512 e. The van der Waals surface area contributed by atoms with Crippen molar-refractivity contribution in [1.82, 2.24) is 5.32 Å². The van der Waals surface area contributed by atoms with Crippen LogP contribution in [0.4, 0.5) is 0 Å². The summed E-state index contributed by atoms with van der Waals surface area (Å²) >= 11 is 0. The number of hydrogen-bond donors (Lipinski definition) is 2. The summed E-state index contributed by atoms with van der Waals surface area (Å²) in [6.45, 7) is 2.89. The summed E-state index contributed by atoms with van der Waals surface area (Å²) in [5.74, 6) is 0.755. The number of aliphatic hydroxyl groups is 1. The number of rotatable bonds is 6. The average molecular weight is 233 g/mol. The van der Waals surface area contributed by atoms with Gasteiger partial charge in [0.05, 0.1) is 6.10 Å². The fourth-order valence-electron chi connectivity index (χ4n) is 2.49. The molecule has 1 fully saturated rings. The first-order chi connectivity index (χ1) is 8.25. The molecule has 1 atom stereocenters. The highest BCUT2D eigenvalue weighted by atomic mass is 16.3. The van der Waals surface area contributed by atoms with Crippen LogP contribution in [-0.4, -0.2) is 23.8 Å². The molecule has 0 radical (unpaired) electrons. The molecule has 0 aromatic heterocycles. The van der Waals surface area contributed by atoms with E-state index in [1.54, 1.807) is 0 Å². The standard InChI is InChI=1S/C15H23NO/c1-12(17)6-5-9-16-15-10-14(11-15)13-7-3-2-4-8-13/h2-4,7-8,12,14-17H,5-6,9-11H2,1H3. The fraction of sp³-hybridized carbons (Fsp3) is 0.600. The molecular weight excluding hydrogens is 210 g/mol. The van der Waals surface area contributed by atoms with Crippen LogP contribution in [0.1, 0.15) is 44.1 Å². The van der Waals surface area contributed by atoms with E-state index in [9.17, 15) is 0 Å². The molecule has 1 aromatic carbocycles. The van der Waals surface area contributed by atoms with Gasteiger partial charge in [0.2, 0.25) is 0 Å². The van der Waals surface area contributed by atoms with Gasteiger partial charge < -0.3 is 10.4 Å². The monoisotopic (exact) mass is 233 g/mol. The van der Waals surface area contributed by atoms with Gasteiger partial charge in [-0.1, -0.05) is 30.3 Å². The molecule has 1 saturated carbocycles. The zero-order valence-electron chi connectivity index (χ0n) is 10.6. The SMILES string of the molecule is CC(O)CCCNC1CC(c2ccccc2)C1. The van der Waals surface area contributed by atoms with Crippen LogP contribution in [0.3, 0.4) is 0 Å². The predicted molar refractivity (Wildman–Crippen MR) is 71.1 cm³/mol. The lowest BCUT2D eigenvalue weighted by atomic mass is 9.76. The first-order valence-corrected chi connectivity index (χ1v) is 6.72.